The Morgan fingerprint density at radius 1 is 0.821 bits per heavy atom. The van der Waals surface area contributed by atoms with Crippen molar-refractivity contribution in [3.63, 3.8) is 0 Å². The summed E-state index contributed by atoms with van der Waals surface area (Å²) in [5, 5.41) is 9.63. The zero-order valence-electron chi connectivity index (χ0n) is 15.7. The average Bonchev–Trinajstić information content (AvgIpc) is 3.18. The molecule has 2 unspecified atom stereocenters. The third-order valence-corrected chi connectivity index (χ3v) is 5.25. The Morgan fingerprint density at radius 2 is 1.36 bits per heavy atom. The monoisotopic (exact) mass is 371 g/mol. The van der Waals surface area contributed by atoms with E-state index in [1.165, 1.54) is 11.1 Å². The number of amides is 2. The van der Waals surface area contributed by atoms with Gasteiger partial charge in [0.15, 0.2) is 0 Å². The lowest BCUT2D eigenvalue weighted by Crippen LogP contribution is -2.39. The van der Waals surface area contributed by atoms with Gasteiger partial charge < -0.3 is 16.0 Å². The molecule has 4 nitrogen and oxygen atoms in total. The van der Waals surface area contributed by atoms with E-state index >= 15 is 0 Å². The maximum atomic E-state index is 12.3. The molecule has 3 aromatic carbocycles. The topological polar surface area (TPSA) is 53.2 Å². The maximum Gasteiger partial charge on any atom is 0.319 e. The molecule has 4 rings (SSSR count). The normalized spacial score (nSPS) is 18.8. The molecular formula is C24H25N3O. The molecule has 3 N–H and O–H groups in total. The predicted molar refractivity (Wildman–Crippen MR) is 114 cm³/mol. The van der Waals surface area contributed by atoms with Gasteiger partial charge in [-0.05, 0) is 29.7 Å². The van der Waals surface area contributed by atoms with Crippen molar-refractivity contribution in [1.82, 2.24) is 10.6 Å². The molecule has 3 aromatic rings. The third kappa shape index (κ3) is 4.41. The highest BCUT2D eigenvalue weighted by Gasteiger charge is 2.32. The van der Waals surface area contributed by atoms with E-state index < -0.39 is 0 Å². The van der Waals surface area contributed by atoms with Crippen LogP contribution >= 0.6 is 0 Å². The summed E-state index contributed by atoms with van der Waals surface area (Å²) in [6.07, 6.45) is 0.886. The third-order valence-electron chi connectivity index (χ3n) is 5.25. The minimum Gasteiger partial charge on any atom is -0.334 e. The van der Waals surface area contributed by atoms with E-state index in [-0.39, 0.29) is 24.0 Å². The highest BCUT2D eigenvalue weighted by molar-refractivity contribution is 5.89. The van der Waals surface area contributed by atoms with Crippen molar-refractivity contribution in [2.75, 3.05) is 11.9 Å². The molecule has 0 bridgehead atoms. The SMILES string of the molecule is O=C(Nc1ccccc1)NC1CNC(C(c2ccccc2)c2ccccc2)C1. The fraction of sp³-hybridized carbons (Fsp3) is 0.208. The van der Waals surface area contributed by atoms with Gasteiger partial charge in [0.1, 0.15) is 0 Å². The van der Waals surface area contributed by atoms with Gasteiger partial charge in [-0.25, -0.2) is 4.79 Å². The average molecular weight is 371 g/mol. The maximum absolute atomic E-state index is 12.3. The number of nitrogens with one attached hydrogen (secondary N) is 3. The number of carbonyl (C=O) groups excluding carboxylic acids is 1. The van der Waals surface area contributed by atoms with E-state index in [4.69, 9.17) is 0 Å². The van der Waals surface area contributed by atoms with Gasteiger partial charge in [-0.3, -0.25) is 0 Å². The summed E-state index contributed by atoms with van der Waals surface area (Å²) in [7, 11) is 0. The predicted octanol–water partition coefficient (Wildman–Crippen LogP) is 4.37. The van der Waals surface area contributed by atoms with Gasteiger partial charge in [-0.1, -0.05) is 78.9 Å². The van der Waals surface area contributed by atoms with Gasteiger partial charge in [0.2, 0.25) is 0 Å². The molecular weight excluding hydrogens is 346 g/mol. The van der Waals surface area contributed by atoms with Crippen LogP contribution in [0.5, 0.6) is 0 Å². The molecule has 0 aromatic heterocycles. The summed E-state index contributed by atoms with van der Waals surface area (Å²) in [6, 6.07) is 30.9. The minimum atomic E-state index is -0.158. The van der Waals surface area contributed by atoms with Crippen LogP contribution in [0.15, 0.2) is 91.0 Å². The van der Waals surface area contributed by atoms with Crippen LogP contribution in [0, 0.1) is 0 Å². The van der Waals surface area contributed by atoms with Crippen molar-refractivity contribution in [2.45, 2.75) is 24.4 Å². The lowest BCUT2D eigenvalue weighted by Gasteiger charge is -2.25. The van der Waals surface area contributed by atoms with Gasteiger partial charge in [-0.15, -0.1) is 0 Å². The molecule has 2 atom stereocenters. The highest BCUT2D eigenvalue weighted by Crippen LogP contribution is 2.32. The number of hydrogen-bond donors (Lipinski definition) is 3. The Morgan fingerprint density at radius 3 is 1.93 bits per heavy atom. The summed E-state index contributed by atoms with van der Waals surface area (Å²) in [4.78, 5) is 12.3. The molecule has 1 heterocycles. The number of para-hydroxylation sites is 1. The van der Waals surface area contributed by atoms with Crippen molar-refractivity contribution in [2.24, 2.45) is 0 Å². The number of urea groups is 1. The van der Waals surface area contributed by atoms with Crippen LogP contribution < -0.4 is 16.0 Å². The van der Waals surface area contributed by atoms with Crippen LogP contribution in [0.4, 0.5) is 10.5 Å². The van der Waals surface area contributed by atoms with Crippen molar-refractivity contribution in [3.8, 4) is 0 Å². The lowest BCUT2D eigenvalue weighted by molar-refractivity contribution is 0.249. The molecule has 0 radical (unpaired) electrons. The van der Waals surface area contributed by atoms with Crippen molar-refractivity contribution in [3.05, 3.63) is 102 Å². The van der Waals surface area contributed by atoms with E-state index in [0.29, 0.717) is 0 Å². The first-order valence-corrected chi connectivity index (χ1v) is 9.75. The molecule has 0 saturated carbocycles. The van der Waals surface area contributed by atoms with Crippen molar-refractivity contribution in [1.29, 1.82) is 0 Å². The molecule has 142 valence electrons. The minimum absolute atomic E-state index is 0.101. The second-order valence-corrected chi connectivity index (χ2v) is 7.21. The second-order valence-electron chi connectivity index (χ2n) is 7.21. The first-order valence-electron chi connectivity index (χ1n) is 9.75. The summed E-state index contributed by atoms with van der Waals surface area (Å²) < 4.78 is 0. The number of hydrogen-bond acceptors (Lipinski definition) is 2. The van der Waals surface area contributed by atoms with Crippen LogP contribution in [0.1, 0.15) is 23.5 Å². The summed E-state index contributed by atoms with van der Waals surface area (Å²) in [5.74, 6) is 0.256. The first-order chi connectivity index (χ1) is 13.8. The van der Waals surface area contributed by atoms with Gasteiger partial charge >= 0.3 is 6.03 Å². The van der Waals surface area contributed by atoms with E-state index in [1.807, 2.05) is 42.5 Å². The zero-order valence-corrected chi connectivity index (χ0v) is 15.7. The molecule has 0 spiro atoms. The quantitative estimate of drug-likeness (QED) is 0.624. The fourth-order valence-corrected chi connectivity index (χ4v) is 3.98. The largest absolute Gasteiger partial charge is 0.334 e. The Labute approximate surface area is 166 Å². The zero-order chi connectivity index (χ0) is 19.2. The Bertz CT molecular complexity index is 844. The molecule has 2 amide bonds. The van der Waals surface area contributed by atoms with Gasteiger partial charge in [0.25, 0.3) is 0 Å². The molecule has 0 aliphatic carbocycles. The second kappa shape index (κ2) is 8.72. The number of benzene rings is 3. The molecule has 1 fully saturated rings. The molecule has 1 aliphatic heterocycles. The Hall–Kier alpha value is -3.11. The summed E-state index contributed by atoms with van der Waals surface area (Å²) >= 11 is 0. The van der Waals surface area contributed by atoms with Gasteiger partial charge in [0.05, 0.1) is 0 Å². The van der Waals surface area contributed by atoms with E-state index in [0.717, 1.165) is 18.7 Å². The van der Waals surface area contributed by atoms with E-state index in [1.54, 1.807) is 0 Å². The van der Waals surface area contributed by atoms with Gasteiger partial charge in [0, 0.05) is 30.2 Å². The summed E-state index contributed by atoms with van der Waals surface area (Å²) in [5.41, 5.74) is 3.38. The van der Waals surface area contributed by atoms with Crippen LogP contribution in [0.25, 0.3) is 0 Å². The standard InChI is InChI=1S/C24H25N3O/c28-24(26-20-14-8-3-9-15-20)27-21-16-22(25-17-21)23(18-10-4-1-5-11-18)19-12-6-2-7-13-19/h1-15,21-23,25H,16-17H2,(H2,26,27,28). The van der Waals surface area contributed by atoms with Crippen LogP contribution in [-0.2, 0) is 0 Å². The Balaban J connectivity index is 1.44. The highest BCUT2D eigenvalue weighted by atomic mass is 16.2. The van der Waals surface area contributed by atoms with Crippen LogP contribution in [0.2, 0.25) is 0 Å². The first kappa shape index (κ1) is 18.3. The lowest BCUT2D eigenvalue weighted by atomic mass is 9.84. The van der Waals surface area contributed by atoms with Crippen molar-refractivity contribution < 1.29 is 4.79 Å². The fourth-order valence-electron chi connectivity index (χ4n) is 3.98. The van der Waals surface area contributed by atoms with Crippen LogP contribution in [-0.4, -0.2) is 24.7 Å². The smallest absolute Gasteiger partial charge is 0.319 e. The number of anilines is 1. The molecule has 4 heteroatoms. The molecule has 1 aliphatic rings. The van der Waals surface area contributed by atoms with E-state index in [2.05, 4.69) is 64.5 Å². The summed E-state index contributed by atoms with van der Waals surface area (Å²) in [6.45, 7) is 0.767. The van der Waals surface area contributed by atoms with Crippen LogP contribution in [0.3, 0.4) is 0 Å². The van der Waals surface area contributed by atoms with E-state index in [9.17, 15) is 4.79 Å². The van der Waals surface area contributed by atoms with Crippen molar-refractivity contribution >= 4 is 11.7 Å². The number of carbonyl (C=O) groups is 1. The molecule has 1 saturated heterocycles. The molecule has 28 heavy (non-hydrogen) atoms. The number of rotatable bonds is 5. The Kier molecular flexibility index (Phi) is 5.69. The van der Waals surface area contributed by atoms with Gasteiger partial charge in [-0.2, -0.15) is 0 Å².